The quantitative estimate of drug-likeness (QED) is 0.457. The molecule has 0 aliphatic carbocycles. The number of hydrogen-bond acceptors (Lipinski definition) is 10. The zero-order valence-electron chi connectivity index (χ0n) is 28.0. The summed E-state index contributed by atoms with van der Waals surface area (Å²) < 4.78 is 16.6. The number of likely N-dealkylation sites (tertiary alicyclic amines) is 1. The molecule has 0 aromatic carbocycles. The maximum absolute atomic E-state index is 14.5. The van der Waals surface area contributed by atoms with E-state index in [0.717, 1.165) is 0 Å². The van der Waals surface area contributed by atoms with Gasteiger partial charge in [0.15, 0.2) is 0 Å². The zero-order chi connectivity index (χ0) is 32.9. The summed E-state index contributed by atoms with van der Waals surface area (Å²) in [5.41, 5.74) is -0.778. The van der Waals surface area contributed by atoms with Crippen molar-refractivity contribution in [2.45, 2.75) is 85.4 Å². The Labute approximate surface area is 266 Å². The fourth-order valence-corrected chi connectivity index (χ4v) is 5.47. The van der Waals surface area contributed by atoms with E-state index in [1.54, 1.807) is 27.1 Å². The molecule has 2 atom stereocenters. The third-order valence-electron chi connectivity index (χ3n) is 7.60. The number of piperidine rings is 1. The maximum Gasteiger partial charge on any atom is 0.410 e. The topological polar surface area (TPSA) is 143 Å². The molecular formula is C32H49N7O6. The van der Waals surface area contributed by atoms with E-state index in [1.165, 1.54) is 6.26 Å². The molecule has 4 rings (SSSR count). The second-order valence-corrected chi connectivity index (χ2v) is 14.2. The lowest BCUT2D eigenvalue weighted by Gasteiger charge is -2.44. The number of ether oxygens (including phenoxy) is 2. The van der Waals surface area contributed by atoms with Gasteiger partial charge in [-0.25, -0.2) is 19.7 Å². The first-order valence-corrected chi connectivity index (χ1v) is 15.8. The smallest absolute Gasteiger partial charge is 0.410 e. The lowest BCUT2D eigenvalue weighted by atomic mass is 9.91. The van der Waals surface area contributed by atoms with E-state index in [0.29, 0.717) is 62.4 Å². The van der Waals surface area contributed by atoms with Crippen LogP contribution in [0.25, 0.3) is 0 Å². The number of carbonyl (C=O) groups is 3. The van der Waals surface area contributed by atoms with Crippen molar-refractivity contribution in [3.63, 3.8) is 0 Å². The summed E-state index contributed by atoms with van der Waals surface area (Å²) in [4.78, 5) is 60.3. The monoisotopic (exact) mass is 627 g/mol. The number of carbonyl (C=O) groups excluding carboxylic acids is 3. The summed E-state index contributed by atoms with van der Waals surface area (Å²) in [6.45, 7) is 18.6. The van der Waals surface area contributed by atoms with Gasteiger partial charge >= 0.3 is 6.09 Å². The van der Waals surface area contributed by atoms with Crippen molar-refractivity contribution < 1.29 is 28.3 Å². The van der Waals surface area contributed by atoms with Crippen molar-refractivity contribution >= 4 is 23.7 Å². The minimum absolute atomic E-state index is 0.0420. The molecule has 0 saturated carbocycles. The summed E-state index contributed by atoms with van der Waals surface area (Å²) >= 11 is 0. The second-order valence-electron chi connectivity index (χ2n) is 14.2. The van der Waals surface area contributed by atoms with Crippen molar-refractivity contribution in [3.8, 4) is 0 Å². The molecule has 2 aliphatic heterocycles. The van der Waals surface area contributed by atoms with Gasteiger partial charge in [-0.1, -0.05) is 34.6 Å². The summed E-state index contributed by atoms with van der Waals surface area (Å²) in [7, 11) is 0. The van der Waals surface area contributed by atoms with E-state index in [-0.39, 0.29) is 42.8 Å². The van der Waals surface area contributed by atoms with Crippen LogP contribution in [-0.4, -0.2) is 105 Å². The van der Waals surface area contributed by atoms with Gasteiger partial charge in [-0.3, -0.25) is 9.59 Å². The molecule has 1 N–H and O–H groups in total. The first-order valence-electron chi connectivity index (χ1n) is 15.8. The average Bonchev–Trinajstić information content (AvgIpc) is 3.50. The lowest BCUT2D eigenvalue weighted by Crippen LogP contribution is -2.58. The van der Waals surface area contributed by atoms with Gasteiger partial charge in [-0.05, 0) is 33.1 Å². The van der Waals surface area contributed by atoms with Crippen molar-refractivity contribution in [1.29, 1.82) is 0 Å². The van der Waals surface area contributed by atoms with Gasteiger partial charge in [0.25, 0.3) is 5.91 Å². The lowest BCUT2D eigenvalue weighted by molar-refractivity contribution is -0.142. The van der Waals surface area contributed by atoms with Crippen LogP contribution in [0.4, 0.5) is 10.6 Å². The summed E-state index contributed by atoms with van der Waals surface area (Å²) in [6.07, 6.45) is 4.51. The first kappa shape index (κ1) is 34.1. The van der Waals surface area contributed by atoms with E-state index in [1.807, 2.05) is 55.4 Å². The molecule has 248 valence electrons. The Morgan fingerprint density at radius 1 is 1.07 bits per heavy atom. The highest BCUT2D eigenvalue weighted by Gasteiger charge is 2.41. The fourth-order valence-electron chi connectivity index (χ4n) is 5.47. The number of morpholine rings is 1. The highest BCUT2D eigenvalue weighted by molar-refractivity contribution is 5.98. The van der Waals surface area contributed by atoms with Gasteiger partial charge in [-0.2, -0.15) is 0 Å². The minimum Gasteiger partial charge on any atom is -0.447 e. The predicted molar refractivity (Wildman–Crippen MR) is 168 cm³/mol. The number of oxazole rings is 1. The molecule has 45 heavy (non-hydrogen) atoms. The van der Waals surface area contributed by atoms with Gasteiger partial charge in [0.05, 0.1) is 37.9 Å². The van der Waals surface area contributed by atoms with Crippen molar-refractivity contribution in [2.75, 3.05) is 51.3 Å². The number of rotatable bonds is 8. The molecule has 2 saturated heterocycles. The molecule has 2 fully saturated rings. The number of amides is 3. The van der Waals surface area contributed by atoms with Crippen LogP contribution in [0, 0.1) is 11.8 Å². The molecule has 3 amide bonds. The number of anilines is 1. The van der Waals surface area contributed by atoms with Crippen molar-refractivity contribution in [3.05, 3.63) is 35.9 Å². The van der Waals surface area contributed by atoms with Crippen LogP contribution in [0.15, 0.2) is 23.1 Å². The first-order chi connectivity index (χ1) is 21.1. The number of nitrogens with zero attached hydrogens (tertiary/aromatic N) is 6. The molecule has 13 heteroatoms. The highest BCUT2D eigenvalue weighted by Crippen LogP contribution is 2.29. The van der Waals surface area contributed by atoms with Crippen molar-refractivity contribution in [2.24, 2.45) is 11.8 Å². The van der Waals surface area contributed by atoms with Gasteiger partial charge in [-0.15, -0.1) is 0 Å². The summed E-state index contributed by atoms with van der Waals surface area (Å²) in [6, 6.07) is -0.446. The Morgan fingerprint density at radius 3 is 2.38 bits per heavy atom. The predicted octanol–water partition coefficient (Wildman–Crippen LogP) is 3.96. The molecule has 2 aromatic heterocycles. The van der Waals surface area contributed by atoms with E-state index in [4.69, 9.17) is 18.9 Å². The molecule has 2 aliphatic rings. The Balaban J connectivity index is 1.69. The van der Waals surface area contributed by atoms with Crippen LogP contribution in [0.5, 0.6) is 0 Å². The number of nitrogens with one attached hydrogen (secondary N) is 1. The molecule has 4 heterocycles. The van der Waals surface area contributed by atoms with Gasteiger partial charge in [0.2, 0.25) is 11.8 Å². The van der Waals surface area contributed by atoms with Crippen molar-refractivity contribution in [1.82, 2.24) is 29.7 Å². The second kappa shape index (κ2) is 14.1. The van der Waals surface area contributed by atoms with Crippen LogP contribution < -0.4 is 5.32 Å². The van der Waals surface area contributed by atoms with Crippen LogP contribution in [0.2, 0.25) is 0 Å². The molecular weight excluding hydrogens is 578 g/mol. The van der Waals surface area contributed by atoms with Crippen LogP contribution >= 0.6 is 0 Å². The van der Waals surface area contributed by atoms with E-state index in [2.05, 4.69) is 15.3 Å². The fraction of sp³-hybridized carbons (Fsp3) is 0.688. The normalized spacial score (nSPS) is 19.4. The minimum atomic E-state index is -0.712. The molecule has 2 aromatic rings. The average molecular weight is 628 g/mol. The molecule has 0 radical (unpaired) electrons. The third-order valence-corrected chi connectivity index (χ3v) is 7.60. The van der Waals surface area contributed by atoms with Gasteiger partial charge < -0.3 is 33.9 Å². The molecule has 0 spiro atoms. The maximum atomic E-state index is 14.5. The standard InChI is InChI=1S/C32H49N7O6/c1-21(2)18-39(28(41)24-16-35-29(31(3,4)5)36-26(24)34-17-25-33-9-12-44-25)23-15-22(27(40)37-10-13-43-14-11-37)19-38(20-23)30(42)45-32(6,7)8/h9,12,16,21-23H,10-11,13-15,17-20H2,1-8H3,(H,34,35,36)/t22-,23+/m1/s1. The molecule has 0 bridgehead atoms. The van der Waals surface area contributed by atoms with Crippen LogP contribution in [-0.2, 0) is 26.2 Å². The van der Waals surface area contributed by atoms with E-state index in [9.17, 15) is 14.4 Å². The summed E-state index contributed by atoms with van der Waals surface area (Å²) in [5, 5.41) is 3.23. The van der Waals surface area contributed by atoms with Crippen LogP contribution in [0.1, 0.15) is 83.9 Å². The highest BCUT2D eigenvalue weighted by atomic mass is 16.6. The van der Waals surface area contributed by atoms with Crippen LogP contribution in [0.3, 0.4) is 0 Å². The Bertz CT molecular complexity index is 1310. The molecule has 0 unspecified atom stereocenters. The Hall–Kier alpha value is -3.74. The SMILES string of the molecule is CC(C)CN(C(=O)c1cnc(C(C)(C)C)nc1NCc1ncco1)[C@H]1C[C@@H](C(=O)N2CCOCC2)CN(C(=O)OC(C)(C)C)C1. The van der Waals surface area contributed by atoms with E-state index >= 15 is 0 Å². The van der Waals surface area contributed by atoms with Gasteiger partial charge in [0, 0.05) is 44.3 Å². The summed E-state index contributed by atoms with van der Waals surface area (Å²) in [5.74, 6) is 0.680. The third kappa shape index (κ3) is 9.15. The van der Waals surface area contributed by atoms with E-state index < -0.39 is 23.7 Å². The number of aromatic nitrogens is 3. The largest absolute Gasteiger partial charge is 0.447 e. The Kier molecular flexibility index (Phi) is 10.7. The Morgan fingerprint density at radius 2 is 1.78 bits per heavy atom. The van der Waals surface area contributed by atoms with Gasteiger partial charge in [0.1, 0.15) is 29.1 Å². The molecule has 13 nitrogen and oxygen atoms in total. The number of hydrogen-bond donors (Lipinski definition) is 1. The zero-order valence-corrected chi connectivity index (χ0v) is 28.0.